The smallest absolute Gasteiger partial charge is 0.00506 e. The van der Waals surface area contributed by atoms with Crippen molar-refractivity contribution in [3.8, 4) is 0 Å². The van der Waals surface area contributed by atoms with Crippen molar-refractivity contribution in [2.45, 2.75) is 38.5 Å². The van der Waals surface area contributed by atoms with E-state index in [1.54, 1.807) is 0 Å². The second-order valence-electron chi connectivity index (χ2n) is 6.09. The minimum atomic E-state index is 0.782. The number of hydrogen-bond donors (Lipinski definition) is 1. The van der Waals surface area contributed by atoms with Crippen LogP contribution in [0.15, 0.2) is 0 Å². The van der Waals surface area contributed by atoms with E-state index in [0.29, 0.717) is 0 Å². The van der Waals surface area contributed by atoms with Crippen molar-refractivity contribution < 1.29 is 0 Å². The molecule has 0 radical (unpaired) electrons. The lowest BCUT2D eigenvalue weighted by molar-refractivity contribution is -0.0348. The molecule has 1 aliphatic carbocycles. The van der Waals surface area contributed by atoms with Crippen LogP contribution in [0.3, 0.4) is 0 Å². The number of hydrogen-bond acceptors (Lipinski definition) is 2. The van der Waals surface area contributed by atoms with Gasteiger partial charge in [-0.15, -0.1) is 0 Å². The van der Waals surface area contributed by atoms with Crippen molar-refractivity contribution >= 4 is 0 Å². The molecular weight excluding hydrogens is 184 g/mol. The van der Waals surface area contributed by atoms with Gasteiger partial charge in [-0.05, 0) is 43.7 Å². The minimum Gasteiger partial charge on any atom is -0.316 e. The molecule has 2 heteroatoms. The Hall–Kier alpha value is -0.0800. The van der Waals surface area contributed by atoms with E-state index in [9.17, 15) is 0 Å². The molecule has 1 N–H and O–H groups in total. The summed E-state index contributed by atoms with van der Waals surface area (Å²) in [6.45, 7) is 6.73. The summed E-state index contributed by atoms with van der Waals surface area (Å²) in [4.78, 5) is 2.71. The Kier molecular flexibility index (Phi) is 2.73. The lowest BCUT2D eigenvalue weighted by Crippen LogP contribution is -2.58. The van der Waals surface area contributed by atoms with Crippen LogP contribution >= 0.6 is 0 Å². The lowest BCUT2D eigenvalue weighted by atomic mass is 9.68. The van der Waals surface area contributed by atoms with Gasteiger partial charge in [0.15, 0.2) is 0 Å². The molecule has 1 saturated carbocycles. The monoisotopic (exact) mass is 208 g/mol. The van der Waals surface area contributed by atoms with Gasteiger partial charge in [0.25, 0.3) is 0 Å². The highest BCUT2D eigenvalue weighted by atomic mass is 15.2. The molecule has 2 nitrogen and oxygen atoms in total. The van der Waals surface area contributed by atoms with E-state index >= 15 is 0 Å². The van der Waals surface area contributed by atoms with Crippen LogP contribution < -0.4 is 5.32 Å². The lowest BCUT2D eigenvalue weighted by Gasteiger charge is -2.53. The van der Waals surface area contributed by atoms with Crippen molar-refractivity contribution in [2.24, 2.45) is 11.3 Å². The Morgan fingerprint density at radius 2 is 1.93 bits per heavy atom. The molecule has 1 unspecified atom stereocenters. The first-order valence-electron chi connectivity index (χ1n) is 6.79. The van der Waals surface area contributed by atoms with Crippen molar-refractivity contribution in [3.63, 3.8) is 0 Å². The zero-order chi connectivity index (χ0) is 10.1. The molecule has 2 saturated heterocycles. The zero-order valence-electron chi connectivity index (χ0n) is 9.80. The Morgan fingerprint density at radius 3 is 2.60 bits per heavy atom. The highest BCUT2D eigenvalue weighted by Gasteiger charge is 2.43. The maximum Gasteiger partial charge on any atom is 0.00506 e. The van der Waals surface area contributed by atoms with E-state index in [1.165, 1.54) is 71.2 Å². The molecule has 15 heavy (non-hydrogen) atoms. The van der Waals surface area contributed by atoms with Gasteiger partial charge in [-0.25, -0.2) is 0 Å². The third-order valence-electron chi connectivity index (χ3n) is 4.71. The van der Waals surface area contributed by atoms with Gasteiger partial charge in [-0.2, -0.15) is 0 Å². The second-order valence-corrected chi connectivity index (χ2v) is 6.09. The van der Waals surface area contributed by atoms with Gasteiger partial charge in [-0.3, -0.25) is 0 Å². The van der Waals surface area contributed by atoms with Gasteiger partial charge in [0.1, 0.15) is 0 Å². The Bertz CT molecular complexity index is 207. The van der Waals surface area contributed by atoms with Crippen LogP contribution in [-0.4, -0.2) is 37.6 Å². The molecule has 0 aromatic heterocycles. The van der Waals surface area contributed by atoms with E-state index in [4.69, 9.17) is 0 Å². The number of nitrogens with zero attached hydrogens (tertiary/aromatic N) is 1. The summed E-state index contributed by atoms with van der Waals surface area (Å²) in [5.41, 5.74) is 0.782. The quantitative estimate of drug-likeness (QED) is 0.745. The third-order valence-corrected chi connectivity index (χ3v) is 4.71. The molecule has 2 aliphatic heterocycles. The molecule has 3 fully saturated rings. The van der Waals surface area contributed by atoms with Crippen LogP contribution in [0.5, 0.6) is 0 Å². The molecular formula is C13H24N2. The molecule has 86 valence electrons. The van der Waals surface area contributed by atoms with Gasteiger partial charge in [0, 0.05) is 19.6 Å². The van der Waals surface area contributed by atoms with Crippen LogP contribution in [0.4, 0.5) is 0 Å². The van der Waals surface area contributed by atoms with E-state index in [2.05, 4.69) is 10.2 Å². The second kappa shape index (κ2) is 4.06. The first-order chi connectivity index (χ1) is 7.36. The molecule has 1 spiro atoms. The van der Waals surface area contributed by atoms with Crippen molar-refractivity contribution in [3.05, 3.63) is 0 Å². The van der Waals surface area contributed by atoms with Crippen LogP contribution in [-0.2, 0) is 0 Å². The van der Waals surface area contributed by atoms with Gasteiger partial charge in [-0.1, -0.05) is 19.3 Å². The van der Waals surface area contributed by atoms with Gasteiger partial charge in [0.2, 0.25) is 0 Å². The molecule has 0 amide bonds. The minimum absolute atomic E-state index is 0.782. The summed E-state index contributed by atoms with van der Waals surface area (Å²) in [6.07, 6.45) is 8.94. The Labute approximate surface area is 93.4 Å². The number of rotatable bonds is 2. The fourth-order valence-corrected chi connectivity index (χ4v) is 3.88. The van der Waals surface area contributed by atoms with Crippen LogP contribution in [0.2, 0.25) is 0 Å². The topological polar surface area (TPSA) is 15.3 Å². The Balaban J connectivity index is 1.44. The van der Waals surface area contributed by atoms with Gasteiger partial charge >= 0.3 is 0 Å². The molecule has 1 atom stereocenters. The third kappa shape index (κ3) is 2.07. The highest BCUT2D eigenvalue weighted by molar-refractivity contribution is 4.97. The molecule has 0 aromatic carbocycles. The van der Waals surface area contributed by atoms with E-state index < -0.39 is 0 Å². The predicted molar refractivity (Wildman–Crippen MR) is 62.9 cm³/mol. The normalized spacial score (nSPS) is 35.6. The standard InChI is InChI=1S/C13H24N2/c1-2-5-13(6-3-1)10-15(11-13)9-12-4-7-14-8-12/h12,14H,1-11H2. The average Bonchev–Trinajstić information content (AvgIpc) is 2.70. The molecule has 3 rings (SSSR count). The molecule has 0 bridgehead atoms. The highest BCUT2D eigenvalue weighted by Crippen LogP contribution is 2.43. The number of likely N-dealkylation sites (tertiary alicyclic amines) is 1. The van der Waals surface area contributed by atoms with E-state index in [0.717, 1.165) is 11.3 Å². The van der Waals surface area contributed by atoms with Crippen LogP contribution in [0.25, 0.3) is 0 Å². The molecule has 3 aliphatic rings. The summed E-state index contributed by atoms with van der Waals surface area (Å²) in [7, 11) is 0. The Morgan fingerprint density at radius 1 is 1.13 bits per heavy atom. The van der Waals surface area contributed by atoms with Crippen molar-refractivity contribution in [2.75, 3.05) is 32.7 Å². The fourth-order valence-electron chi connectivity index (χ4n) is 3.88. The first kappa shape index (κ1) is 10.1. The van der Waals surface area contributed by atoms with Crippen molar-refractivity contribution in [1.29, 1.82) is 0 Å². The van der Waals surface area contributed by atoms with Crippen LogP contribution in [0.1, 0.15) is 38.5 Å². The van der Waals surface area contributed by atoms with Gasteiger partial charge < -0.3 is 10.2 Å². The average molecular weight is 208 g/mol. The van der Waals surface area contributed by atoms with Gasteiger partial charge in [0.05, 0.1) is 0 Å². The summed E-state index contributed by atoms with van der Waals surface area (Å²) in [5, 5.41) is 3.47. The predicted octanol–water partition coefficient (Wildman–Crippen LogP) is 1.86. The van der Waals surface area contributed by atoms with Crippen molar-refractivity contribution in [1.82, 2.24) is 10.2 Å². The SMILES string of the molecule is C1CCC2(CC1)CN(CC1CCNC1)C2. The van der Waals surface area contributed by atoms with E-state index in [1.807, 2.05) is 0 Å². The zero-order valence-corrected chi connectivity index (χ0v) is 9.80. The molecule has 0 aromatic rings. The largest absolute Gasteiger partial charge is 0.316 e. The molecule has 2 heterocycles. The maximum atomic E-state index is 3.47. The number of nitrogens with one attached hydrogen (secondary N) is 1. The van der Waals surface area contributed by atoms with E-state index in [-0.39, 0.29) is 0 Å². The summed E-state index contributed by atoms with van der Waals surface area (Å²) in [5.74, 6) is 0.950. The van der Waals surface area contributed by atoms with Crippen LogP contribution in [0, 0.1) is 11.3 Å². The maximum absolute atomic E-state index is 3.47. The summed E-state index contributed by atoms with van der Waals surface area (Å²) < 4.78 is 0. The summed E-state index contributed by atoms with van der Waals surface area (Å²) >= 11 is 0. The summed E-state index contributed by atoms with van der Waals surface area (Å²) in [6, 6.07) is 0. The fraction of sp³-hybridized carbons (Fsp3) is 1.00. The first-order valence-corrected chi connectivity index (χ1v) is 6.79.